The number of ether oxygens (including phenoxy) is 2. The predicted molar refractivity (Wildman–Crippen MR) is 96.0 cm³/mol. The Kier molecular flexibility index (Phi) is 6.49. The number of rotatable bonds is 7. The van der Waals surface area contributed by atoms with Gasteiger partial charge in [0, 0.05) is 5.69 Å². The van der Waals surface area contributed by atoms with Crippen LogP contribution in [0.4, 0.5) is 10.5 Å². The molecule has 0 saturated carbocycles. The largest absolute Gasteiger partial charge is 0.494 e. The summed E-state index contributed by atoms with van der Waals surface area (Å²) < 4.78 is 11.0. The minimum absolute atomic E-state index is 0.261. The van der Waals surface area contributed by atoms with E-state index in [1.54, 1.807) is 12.1 Å². The summed E-state index contributed by atoms with van der Waals surface area (Å²) in [5.41, 5.74) is 3.01. The van der Waals surface area contributed by atoms with Crippen molar-refractivity contribution in [2.75, 3.05) is 25.1 Å². The van der Waals surface area contributed by atoms with Gasteiger partial charge in [-0.2, -0.15) is 0 Å². The second-order valence-corrected chi connectivity index (χ2v) is 5.46. The molecule has 2 aromatic carbocycles. The number of urea groups is 1. The van der Waals surface area contributed by atoms with Crippen LogP contribution in [0.2, 0.25) is 0 Å². The van der Waals surface area contributed by atoms with Gasteiger partial charge in [0.1, 0.15) is 18.1 Å². The van der Waals surface area contributed by atoms with Crippen molar-refractivity contribution < 1.29 is 14.3 Å². The van der Waals surface area contributed by atoms with Gasteiger partial charge in [-0.25, -0.2) is 4.79 Å². The van der Waals surface area contributed by atoms with E-state index in [9.17, 15) is 4.79 Å². The average Bonchev–Trinajstić information content (AvgIpc) is 2.55. The maximum Gasteiger partial charge on any atom is 0.319 e. The van der Waals surface area contributed by atoms with Crippen molar-refractivity contribution in [1.82, 2.24) is 5.32 Å². The highest BCUT2D eigenvalue weighted by Crippen LogP contribution is 2.18. The number of benzene rings is 2. The monoisotopic (exact) mass is 328 g/mol. The molecular formula is C19H24N2O3. The smallest absolute Gasteiger partial charge is 0.319 e. The minimum Gasteiger partial charge on any atom is -0.494 e. The molecule has 128 valence electrons. The third kappa shape index (κ3) is 5.50. The number of carbonyl (C=O) groups is 1. The molecule has 2 amide bonds. The van der Waals surface area contributed by atoms with E-state index in [-0.39, 0.29) is 6.03 Å². The van der Waals surface area contributed by atoms with Gasteiger partial charge in [0.2, 0.25) is 0 Å². The van der Waals surface area contributed by atoms with Gasteiger partial charge in [-0.1, -0.05) is 17.7 Å². The zero-order valence-corrected chi connectivity index (χ0v) is 14.4. The normalized spacial score (nSPS) is 10.1. The number of carbonyl (C=O) groups excluding carboxylic acids is 1. The molecule has 0 spiro atoms. The van der Waals surface area contributed by atoms with Gasteiger partial charge < -0.3 is 20.1 Å². The molecule has 0 aliphatic carbocycles. The summed E-state index contributed by atoms with van der Waals surface area (Å²) in [4.78, 5) is 11.8. The van der Waals surface area contributed by atoms with Crippen LogP contribution in [0.1, 0.15) is 18.1 Å². The predicted octanol–water partition coefficient (Wildman–Crippen LogP) is 3.90. The highest BCUT2D eigenvalue weighted by molar-refractivity contribution is 5.89. The summed E-state index contributed by atoms with van der Waals surface area (Å²) >= 11 is 0. The van der Waals surface area contributed by atoms with Gasteiger partial charge in [0.05, 0.1) is 13.2 Å². The Morgan fingerprint density at radius 3 is 2.46 bits per heavy atom. The van der Waals surface area contributed by atoms with Crippen molar-refractivity contribution in [2.24, 2.45) is 0 Å². The van der Waals surface area contributed by atoms with Gasteiger partial charge in [-0.3, -0.25) is 0 Å². The van der Waals surface area contributed by atoms with Crippen LogP contribution in [0.5, 0.6) is 11.5 Å². The van der Waals surface area contributed by atoms with Crippen molar-refractivity contribution in [3.05, 3.63) is 53.6 Å². The lowest BCUT2D eigenvalue weighted by molar-refractivity contribution is 0.247. The van der Waals surface area contributed by atoms with Crippen LogP contribution in [0.25, 0.3) is 0 Å². The fourth-order valence-corrected chi connectivity index (χ4v) is 2.26. The highest BCUT2D eigenvalue weighted by atomic mass is 16.5. The molecule has 24 heavy (non-hydrogen) atoms. The fraction of sp³-hybridized carbons (Fsp3) is 0.316. The minimum atomic E-state index is -0.261. The zero-order valence-electron chi connectivity index (χ0n) is 14.4. The number of amides is 2. The van der Waals surface area contributed by atoms with Crippen LogP contribution in [-0.4, -0.2) is 25.8 Å². The highest BCUT2D eigenvalue weighted by Gasteiger charge is 2.03. The first kappa shape index (κ1) is 17.7. The quantitative estimate of drug-likeness (QED) is 0.758. The summed E-state index contributed by atoms with van der Waals surface area (Å²) in [5, 5.41) is 5.53. The summed E-state index contributed by atoms with van der Waals surface area (Å²) in [7, 11) is 0. The SMILES string of the molecule is CCOc1ccc(NC(=O)NCCOc2ccc(C)cc2C)cc1. The molecule has 0 aliphatic rings. The Labute approximate surface area is 143 Å². The van der Waals surface area contributed by atoms with Crippen molar-refractivity contribution in [2.45, 2.75) is 20.8 Å². The van der Waals surface area contributed by atoms with E-state index in [0.29, 0.717) is 25.4 Å². The van der Waals surface area contributed by atoms with E-state index >= 15 is 0 Å². The third-order valence-corrected chi connectivity index (χ3v) is 3.40. The maximum absolute atomic E-state index is 11.8. The number of hydrogen-bond acceptors (Lipinski definition) is 3. The topological polar surface area (TPSA) is 59.6 Å². The second kappa shape index (κ2) is 8.82. The molecule has 0 aliphatic heterocycles. The molecule has 5 nitrogen and oxygen atoms in total. The lowest BCUT2D eigenvalue weighted by Gasteiger charge is -2.11. The van der Waals surface area contributed by atoms with E-state index in [4.69, 9.17) is 9.47 Å². The van der Waals surface area contributed by atoms with Crippen molar-refractivity contribution in [3.63, 3.8) is 0 Å². The summed E-state index contributed by atoms with van der Waals surface area (Å²) in [5.74, 6) is 1.62. The Hall–Kier alpha value is -2.69. The van der Waals surface area contributed by atoms with Crippen LogP contribution < -0.4 is 20.1 Å². The Balaban J connectivity index is 1.71. The molecule has 0 heterocycles. The van der Waals surface area contributed by atoms with Crippen LogP contribution in [0.3, 0.4) is 0 Å². The summed E-state index contributed by atoms with van der Waals surface area (Å²) in [6.07, 6.45) is 0. The van der Waals surface area contributed by atoms with Crippen molar-refractivity contribution in [3.8, 4) is 11.5 Å². The van der Waals surface area contributed by atoms with Gasteiger partial charge in [-0.05, 0) is 56.7 Å². The van der Waals surface area contributed by atoms with Crippen LogP contribution in [0, 0.1) is 13.8 Å². The lowest BCUT2D eigenvalue weighted by atomic mass is 10.1. The molecular weight excluding hydrogens is 304 g/mol. The zero-order chi connectivity index (χ0) is 17.4. The Morgan fingerprint density at radius 1 is 1.04 bits per heavy atom. The van der Waals surface area contributed by atoms with Crippen LogP contribution in [0.15, 0.2) is 42.5 Å². The van der Waals surface area contributed by atoms with E-state index < -0.39 is 0 Å². The van der Waals surface area contributed by atoms with E-state index in [1.807, 2.05) is 45.0 Å². The lowest BCUT2D eigenvalue weighted by Crippen LogP contribution is -2.32. The molecule has 0 aromatic heterocycles. The molecule has 0 unspecified atom stereocenters. The molecule has 0 saturated heterocycles. The fourth-order valence-electron chi connectivity index (χ4n) is 2.26. The van der Waals surface area contributed by atoms with E-state index in [0.717, 1.165) is 17.1 Å². The molecule has 0 atom stereocenters. The standard InChI is InChI=1S/C19H24N2O3/c1-4-23-17-8-6-16(7-9-17)21-19(22)20-11-12-24-18-10-5-14(2)13-15(18)3/h5-10,13H,4,11-12H2,1-3H3,(H2,20,21,22). The van der Waals surface area contributed by atoms with Gasteiger partial charge in [0.15, 0.2) is 0 Å². The first-order valence-corrected chi connectivity index (χ1v) is 8.06. The molecule has 0 radical (unpaired) electrons. The maximum atomic E-state index is 11.8. The van der Waals surface area contributed by atoms with Gasteiger partial charge >= 0.3 is 6.03 Å². The van der Waals surface area contributed by atoms with E-state index in [2.05, 4.69) is 16.7 Å². The van der Waals surface area contributed by atoms with Gasteiger partial charge in [0.25, 0.3) is 0 Å². The Bertz CT molecular complexity index is 669. The van der Waals surface area contributed by atoms with Crippen LogP contribution in [-0.2, 0) is 0 Å². The van der Waals surface area contributed by atoms with Crippen molar-refractivity contribution in [1.29, 1.82) is 0 Å². The molecule has 2 N–H and O–H groups in total. The average molecular weight is 328 g/mol. The third-order valence-electron chi connectivity index (χ3n) is 3.40. The number of anilines is 1. The summed E-state index contributed by atoms with van der Waals surface area (Å²) in [6, 6.07) is 13.0. The number of hydrogen-bond donors (Lipinski definition) is 2. The van der Waals surface area contributed by atoms with E-state index in [1.165, 1.54) is 5.56 Å². The van der Waals surface area contributed by atoms with Gasteiger partial charge in [-0.15, -0.1) is 0 Å². The molecule has 5 heteroatoms. The number of nitrogens with one attached hydrogen (secondary N) is 2. The molecule has 0 bridgehead atoms. The Morgan fingerprint density at radius 2 is 1.79 bits per heavy atom. The first-order valence-electron chi connectivity index (χ1n) is 8.06. The molecule has 2 aromatic rings. The van der Waals surface area contributed by atoms with Crippen molar-refractivity contribution >= 4 is 11.7 Å². The number of aryl methyl sites for hydroxylation is 2. The molecule has 0 fully saturated rings. The first-order chi connectivity index (χ1) is 11.6. The summed E-state index contributed by atoms with van der Waals surface area (Å²) in [6.45, 7) is 7.45. The molecule has 2 rings (SSSR count). The van der Waals surface area contributed by atoms with Crippen LogP contribution >= 0.6 is 0 Å². The second-order valence-electron chi connectivity index (χ2n) is 5.46.